The molecule has 8 nitrogen and oxygen atoms in total. The number of carbonyl (C=O) groups is 1. The van der Waals surface area contributed by atoms with Crippen molar-refractivity contribution in [1.82, 2.24) is 9.78 Å². The second-order valence-electron chi connectivity index (χ2n) is 7.89. The summed E-state index contributed by atoms with van der Waals surface area (Å²) in [5, 5.41) is 18.6. The van der Waals surface area contributed by atoms with Crippen LogP contribution in [0.15, 0.2) is 71.3 Å². The SMILES string of the molecule is Cc1ccc(OCc2cccc(C(=O)Nc3nn(Cc4c(F)cccc4Cl)cc3Br)c2)c([N+](=O)[O-])c1. The molecular weight excluding hydrogens is 555 g/mol. The molecule has 0 saturated heterocycles. The number of ether oxygens (including phenoxy) is 1. The van der Waals surface area contributed by atoms with Gasteiger partial charge in [-0.15, -0.1) is 0 Å². The molecule has 4 aromatic rings. The monoisotopic (exact) mass is 572 g/mol. The smallest absolute Gasteiger partial charge is 0.311 e. The van der Waals surface area contributed by atoms with Crippen molar-refractivity contribution in [2.45, 2.75) is 20.1 Å². The maximum Gasteiger partial charge on any atom is 0.311 e. The molecular formula is C25H19BrClFN4O4. The molecule has 0 radical (unpaired) electrons. The van der Waals surface area contributed by atoms with E-state index < -0.39 is 16.6 Å². The van der Waals surface area contributed by atoms with E-state index in [0.29, 0.717) is 15.6 Å². The molecule has 0 bridgehead atoms. The average molecular weight is 574 g/mol. The van der Waals surface area contributed by atoms with Crippen LogP contribution in [0.2, 0.25) is 5.02 Å². The summed E-state index contributed by atoms with van der Waals surface area (Å²) in [6, 6.07) is 15.8. The van der Waals surface area contributed by atoms with E-state index >= 15 is 0 Å². The Kier molecular flexibility index (Phi) is 7.66. The molecule has 1 aromatic heterocycles. The van der Waals surface area contributed by atoms with E-state index in [9.17, 15) is 19.3 Å². The van der Waals surface area contributed by atoms with Gasteiger partial charge in [-0.1, -0.05) is 35.9 Å². The van der Waals surface area contributed by atoms with Crippen molar-refractivity contribution in [2.75, 3.05) is 5.32 Å². The van der Waals surface area contributed by atoms with Crippen molar-refractivity contribution < 1.29 is 18.8 Å². The minimum Gasteiger partial charge on any atom is -0.482 e. The normalized spacial score (nSPS) is 10.8. The number of nitro benzene ring substituents is 1. The molecule has 1 N–H and O–H groups in total. The zero-order valence-electron chi connectivity index (χ0n) is 18.9. The molecule has 1 heterocycles. The first-order chi connectivity index (χ1) is 17.2. The molecule has 11 heteroatoms. The average Bonchev–Trinajstić information content (AvgIpc) is 3.19. The highest BCUT2D eigenvalue weighted by Crippen LogP contribution is 2.29. The summed E-state index contributed by atoms with van der Waals surface area (Å²) in [6.45, 7) is 1.88. The fourth-order valence-corrected chi connectivity index (χ4v) is 4.08. The molecule has 0 fully saturated rings. The second-order valence-corrected chi connectivity index (χ2v) is 9.16. The van der Waals surface area contributed by atoms with Gasteiger partial charge in [0.1, 0.15) is 12.4 Å². The summed E-state index contributed by atoms with van der Waals surface area (Å²) < 4.78 is 21.7. The number of benzene rings is 3. The number of aryl methyl sites for hydroxylation is 1. The lowest BCUT2D eigenvalue weighted by Gasteiger charge is -2.09. The van der Waals surface area contributed by atoms with Crippen LogP contribution >= 0.6 is 27.5 Å². The summed E-state index contributed by atoms with van der Waals surface area (Å²) in [7, 11) is 0. The molecule has 184 valence electrons. The minimum atomic E-state index is -0.497. The zero-order valence-corrected chi connectivity index (χ0v) is 21.2. The Morgan fingerprint density at radius 1 is 1.22 bits per heavy atom. The number of aromatic nitrogens is 2. The lowest BCUT2D eigenvalue weighted by atomic mass is 10.1. The molecule has 1 amide bonds. The van der Waals surface area contributed by atoms with Gasteiger partial charge in [0, 0.05) is 28.4 Å². The van der Waals surface area contributed by atoms with E-state index in [1.54, 1.807) is 55.6 Å². The predicted octanol–water partition coefficient (Wildman–Crippen LogP) is 6.53. The third kappa shape index (κ3) is 5.89. The summed E-state index contributed by atoms with van der Waals surface area (Å²) in [6.07, 6.45) is 1.61. The Bertz CT molecular complexity index is 1440. The maximum atomic E-state index is 14.1. The van der Waals surface area contributed by atoms with Crippen LogP contribution in [0.1, 0.15) is 27.0 Å². The van der Waals surface area contributed by atoms with E-state index in [1.165, 1.54) is 22.9 Å². The first kappa shape index (κ1) is 25.3. The van der Waals surface area contributed by atoms with Crippen molar-refractivity contribution >= 4 is 44.9 Å². The molecule has 0 saturated carbocycles. The van der Waals surface area contributed by atoms with E-state index in [4.69, 9.17) is 16.3 Å². The Morgan fingerprint density at radius 2 is 2.00 bits per heavy atom. The number of nitro groups is 1. The number of halogens is 3. The number of hydrogen-bond acceptors (Lipinski definition) is 5. The van der Waals surface area contributed by atoms with E-state index in [-0.39, 0.29) is 41.0 Å². The molecule has 0 spiro atoms. The zero-order chi connectivity index (χ0) is 25.8. The van der Waals surface area contributed by atoms with Crippen LogP contribution in [0.5, 0.6) is 5.75 Å². The molecule has 0 unspecified atom stereocenters. The first-order valence-corrected chi connectivity index (χ1v) is 11.8. The molecule has 4 rings (SSSR count). The van der Waals surface area contributed by atoms with Crippen LogP contribution in [-0.2, 0) is 13.2 Å². The summed E-state index contributed by atoms with van der Waals surface area (Å²) in [4.78, 5) is 23.7. The Morgan fingerprint density at radius 3 is 2.75 bits per heavy atom. The molecule has 0 aliphatic heterocycles. The van der Waals surface area contributed by atoms with E-state index in [2.05, 4.69) is 26.3 Å². The quantitative estimate of drug-likeness (QED) is 0.191. The van der Waals surface area contributed by atoms with Crippen LogP contribution in [0.4, 0.5) is 15.9 Å². The lowest BCUT2D eigenvalue weighted by molar-refractivity contribution is -0.386. The van der Waals surface area contributed by atoms with Crippen molar-refractivity contribution in [3.8, 4) is 5.75 Å². The molecule has 3 aromatic carbocycles. The van der Waals surface area contributed by atoms with Gasteiger partial charge in [0.15, 0.2) is 11.6 Å². The third-order valence-corrected chi connectivity index (χ3v) is 6.16. The fourth-order valence-electron chi connectivity index (χ4n) is 3.44. The van der Waals surface area contributed by atoms with Gasteiger partial charge in [-0.3, -0.25) is 19.6 Å². The summed E-state index contributed by atoms with van der Waals surface area (Å²) in [5.74, 6) is -0.475. The van der Waals surface area contributed by atoms with Gasteiger partial charge in [-0.2, -0.15) is 5.10 Å². The highest BCUT2D eigenvalue weighted by molar-refractivity contribution is 9.10. The van der Waals surface area contributed by atoms with Crippen LogP contribution in [-0.4, -0.2) is 20.6 Å². The van der Waals surface area contributed by atoms with E-state index in [0.717, 1.165) is 5.56 Å². The number of nitrogens with zero attached hydrogens (tertiary/aromatic N) is 3. The Labute approximate surface area is 218 Å². The largest absolute Gasteiger partial charge is 0.482 e. The molecule has 0 aliphatic carbocycles. The molecule has 0 aliphatic rings. The number of nitrogens with one attached hydrogen (secondary N) is 1. The van der Waals surface area contributed by atoms with Gasteiger partial charge in [0.05, 0.1) is 15.9 Å². The predicted molar refractivity (Wildman–Crippen MR) is 137 cm³/mol. The van der Waals surface area contributed by atoms with E-state index in [1.807, 2.05) is 0 Å². The third-order valence-electron chi connectivity index (χ3n) is 5.23. The topological polar surface area (TPSA) is 99.3 Å². The first-order valence-electron chi connectivity index (χ1n) is 10.6. The highest BCUT2D eigenvalue weighted by Gasteiger charge is 2.17. The number of anilines is 1. The van der Waals surface area contributed by atoms with Crippen LogP contribution in [0, 0.1) is 22.9 Å². The standard InChI is InChI=1S/C25H19BrClFN4O4/c1-15-8-9-23(22(10-15)32(34)35)36-14-16-4-2-5-17(11-16)25(33)29-24-19(26)13-31(30-24)12-18-20(27)6-3-7-21(18)28/h2-11,13H,12,14H2,1H3,(H,29,30,33). The Balaban J connectivity index is 1.45. The van der Waals surface area contributed by atoms with Crippen molar-refractivity contribution in [1.29, 1.82) is 0 Å². The Hall–Kier alpha value is -3.76. The minimum absolute atomic E-state index is 0.0345. The van der Waals surface area contributed by atoms with Gasteiger partial charge in [-0.05, 0) is 64.3 Å². The second kappa shape index (κ2) is 10.9. The number of rotatable bonds is 8. The molecule has 0 atom stereocenters. The van der Waals surface area contributed by atoms with Gasteiger partial charge < -0.3 is 10.1 Å². The highest BCUT2D eigenvalue weighted by atomic mass is 79.9. The summed E-state index contributed by atoms with van der Waals surface area (Å²) >= 11 is 9.45. The van der Waals surface area contributed by atoms with Crippen molar-refractivity contribution in [3.63, 3.8) is 0 Å². The van der Waals surface area contributed by atoms with Crippen LogP contribution < -0.4 is 10.1 Å². The number of amides is 1. The van der Waals surface area contributed by atoms with Crippen LogP contribution in [0.3, 0.4) is 0 Å². The van der Waals surface area contributed by atoms with Gasteiger partial charge in [-0.25, -0.2) is 4.39 Å². The van der Waals surface area contributed by atoms with Gasteiger partial charge in [0.25, 0.3) is 5.91 Å². The van der Waals surface area contributed by atoms with Crippen molar-refractivity contribution in [2.24, 2.45) is 0 Å². The van der Waals surface area contributed by atoms with Gasteiger partial charge >= 0.3 is 5.69 Å². The lowest BCUT2D eigenvalue weighted by Crippen LogP contribution is -2.14. The van der Waals surface area contributed by atoms with Crippen molar-refractivity contribution in [3.05, 3.63) is 115 Å². The summed E-state index contributed by atoms with van der Waals surface area (Å²) in [5.41, 5.74) is 1.90. The maximum absolute atomic E-state index is 14.1. The number of carbonyl (C=O) groups excluding carboxylic acids is 1. The fraction of sp³-hybridized carbons (Fsp3) is 0.120. The molecule has 36 heavy (non-hydrogen) atoms. The van der Waals surface area contributed by atoms with Gasteiger partial charge in [0.2, 0.25) is 0 Å². The number of hydrogen-bond donors (Lipinski definition) is 1. The van der Waals surface area contributed by atoms with Crippen LogP contribution in [0.25, 0.3) is 0 Å².